The van der Waals surface area contributed by atoms with Crippen LogP contribution in [0.25, 0.3) is 22.2 Å². The van der Waals surface area contributed by atoms with Gasteiger partial charge in [-0.1, -0.05) is 0 Å². The molecule has 0 radical (unpaired) electrons. The van der Waals surface area contributed by atoms with Crippen molar-refractivity contribution >= 4 is 33.3 Å². The molecule has 0 saturated carbocycles. The highest BCUT2D eigenvalue weighted by Gasteiger charge is 2.15. The highest BCUT2D eigenvalue weighted by atomic mass is 32.1. The molecule has 0 aliphatic rings. The number of anilines is 1. The fourth-order valence-electron chi connectivity index (χ4n) is 2.91. The standard InChI is InChI=1S/C18H17N5O2S/c1-11-17(13-7-12(25-2)3-4-14(13)20-11)15-9-26-18(21-15)22-16(24)8-23-6-5-19-10-23/h3-7,9-10,20H,8H2,1-2H3,(H,21,22,24). The molecule has 7 nitrogen and oxygen atoms in total. The summed E-state index contributed by atoms with van der Waals surface area (Å²) in [7, 11) is 1.65. The van der Waals surface area contributed by atoms with Gasteiger partial charge in [0.25, 0.3) is 0 Å². The zero-order chi connectivity index (χ0) is 18.1. The molecule has 0 unspecified atom stereocenters. The molecule has 1 amide bonds. The smallest absolute Gasteiger partial charge is 0.246 e. The fraction of sp³-hybridized carbons (Fsp3) is 0.167. The number of H-pyrrole nitrogens is 1. The van der Waals surface area contributed by atoms with Crippen LogP contribution in [0, 0.1) is 6.92 Å². The zero-order valence-corrected chi connectivity index (χ0v) is 15.1. The first-order valence-corrected chi connectivity index (χ1v) is 8.90. The first-order chi connectivity index (χ1) is 12.6. The molecular formula is C18H17N5O2S. The van der Waals surface area contributed by atoms with Crippen LogP contribution in [0.5, 0.6) is 5.75 Å². The molecule has 1 aromatic carbocycles. The Bertz CT molecular complexity index is 1060. The van der Waals surface area contributed by atoms with E-state index >= 15 is 0 Å². The van der Waals surface area contributed by atoms with Crippen LogP contribution in [-0.4, -0.2) is 32.5 Å². The number of thiazole rings is 1. The number of fused-ring (bicyclic) bond motifs is 1. The largest absolute Gasteiger partial charge is 0.497 e. The second-order valence-electron chi connectivity index (χ2n) is 5.86. The lowest BCUT2D eigenvalue weighted by Gasteiger charge is -2.02. The molecule has 4 rings (SSSR count). The molecule has 0 fully saturated rings. The maximum atomic E-state index is 12.1. The Morgan fingerprint density at radius 3 is 3.08 bits per heavy atom. The predicted molar refractivity (Wildman–Crippen MR) is 102 cm³/mol. The molecule has 0 atom stereocenters. The number of nitrogens with one attached hydrogen (secondary N) is 2. The third kappa shape index (κ3) is 3.06. The number of hydrogen-bond donors (Lipinski definition) is 2. The Hall–Kier alpha value is -3.13. The Morgan fingerprint density at radius 1 is 1.42 bits per heavy atom. The molecule has 26 heavy (non-hydrogen) atoms. The van der Waals surface area contributed by atoms with Crippen LogP contribution in [0.1, 0.15) is 5.69 Å². The summed E-state index contributed by atoms with van der Waals surface area (Å²) in [6, 6.07) is 5.90. The number of benzene rings is 1. The number of methoxy groups -OCH3 is 1. The summed E-state index contributed by atoms with van der Waals surface area (Å²) in [6.07, 6.45) is 4.99. The summed E-state index contributed by atoms with van der Waals surface area (Å²) in [4.78, 5) is 24.0. The third-order valence-corrected chi connectivity index (χ3v) is 4.84. The topological polar surface area (TPSA) is 84.8 Å². The summed E-state index contributed by atoms with van der Waals surface area (Å²) in [5, 5.41) is 6.40. The number of amides is 1. The number of rotatable bonds is 5. The highest BCUT2D eigenvalue weighted by molar-refractivity contribution is 7.14. The van der Waals surface area contributed by atoms with Crippen molar-refractivity contribution in [2.45, 2.75) is 13.5 Å². The van der Waals surface area contributed by atoms with Gasteiger partial charge >= 0.3 is 0 Å². The van der Waals surface area contributed by atoms with Crippen molar-refractivity contribution < 1.29 is 9.53 Å². The lowest BCUT2D eigenvalue weighted by molar-refractivity contribution is -0.116. The van der Waals surface area contributed by atoms with Gasteiger partial charge in [0.1, 0.15) is 12.3 Å². The SMILES string of the molecule is COc1ccc2[nH]c(C)c(-c3csc(NC(=O)Cn4ccnc4)n3)c2c1. The molecule has 0 saturated heterocycles. The normalized spacial score (nSPS) is 11.0. The van der Waals surface area contributed by atoms with E-state index in [2.05, 4.69) is 20.3 Å². The second-order valence-corrected chi connectivity index (χ2v) is 6.72. The van der Waals surface area contributed by atoms with Gasteiger partial charge in [-0.3, -0.25) is 4.79 Å². The van der Waals surface area contributed by atoms with Crippen molar-refractivity contribution in [1.29, 1.82) is 0 Å². The van der Waals surface area contributed by atoms with Gasteiger partial charge in [0.15, 0.2) is 5.13 Å². The van der Waals surface area contributed by atoms with Crippen LogP contribution in [0.2, 0.25) is 0 Å². The first kappa shape index (κ1) is 16.3. The van der Waals surface area contributed by atoms with E-state index in [0.717, 1.165) is 33.6 Å². The van der Waals surface area contributed by atoms with Crippen molar-refractivity contribution in [3.63, 3.8) is 0 Å². The Labute approximate surface area is 153 Å². The summed E-state index contributed by atoms with van der Waals surface area (Å²) in [5.74, 6) is 0.656. The molecule has 0 aliphatic heterocycles. The van der Waals surface area contributed by atoms with Gasteiger partial charge in [-0.2, -0.15) is 0 Å². The van der Waals surface area contributed by atoms with E-state index in [1.807, 2.05) is 30.5 Å². The van der Waals surface area contributed by atoms with Gasteiger partial charge in [0.2, 0.25) is 5.91 Å². The summed E-state index contributed by atoms with van der Waals surface area (Å²) in [6.45, 7) is 2.22. The molecule has 0 aliphatic carbocycles. The van der Waals surface area contributed by atoms with E-state index in [4.69, 9.17) is 4.74 Å². The Balaban J connectivity index is 1.60. The minimum Gasteiger partial charge on any atom is -0.497 e. The van der Waals surface area contributed by atoms with Crippen molar-refractivity contribution in [3.8, 4) is 17.0 Å². The lowest BCUT2D eigenvalue weighted by Crippen LogP contribution is -2.17. The van der Waals surface area contributed by atoms with E-state index in [9.17, 15) is 4.79 Å². The fourth-order valence-corrected chi connectivity index (χ4v) is 3.63. The molecule has 2 N–H and O–H groups in total. The Kier molecular flexibility index (Phi) is 4.18. The van der Waals surface area contributed by atoms with Crippen LogP contribution in [0.4, 0.5) is 5.13 Å². The summed E-state index contributed by atoms with van der Waals surface area (Å²) in [5.41, 5.74) is 3.89. The van der Waals surface area contributed by atoms with Gasteiger partial charge in [-0.05, 0) is 25.1 Å². The van der Waals surface area contributed by atoms with Crippen molar-refractivity contribution in [1.82, 2.24) is 19.5 Å². The molecule has 132 valence electrons. The number of carbonyl (C=O) groups is 1. The number of ether oxygens (including phenoxy) is 1. The number of aromatic nitrogens is 4. The maximum Gasteiger partial charge on any atom is 0.246 e. The van der Waals surface area contributed by atoms with Gasteiger partial charge in [0.05, 0.1) is 19.1 Å². The van der Waals surface area contributed by atoms with Crippen LogP contribution in [0.15, 0.2) is 42.3 Å². The van der Waals surface area contributed by atoms with Crippen LogP contribution in [0.3, 0.4) is 0 Å². The number of aromatic amines is 1. The molecule has 4 aromatic rings. The third-order valence-electron chi connectivity index (χ3n) is 4.09. The number of nitrogens with zero attached hydrogens (tertiary/aromatic N) is 3. The maximum absolute atomic E-state index is 12.1. The van der Waals surface area contributed by atoms with Crippen molar-refractivity contribution in [3.05, 3.63) is 48.0 Å². The van der Waals surface area contributed by atoms with Crippen LogP contribution < -0.4 is 10.1 Å². The molecule has 0 spiro atoms. The van der Waals surface area contributed by atoms with Crippen molar-refractivity contribution in [2.24, 2.45) is 0 Å². The number of aryl methyl sites for hydroxylation is 1. The molecule has 0 bridgehead atoms. The van der Waals surface area contributed by atoms with E-state index in [0.29, 0.717) is 5.13 Å². The molecule has 8 heteroatoms. The monoisotopic (exact) mass is 367 g/mol. The summed E-state index contributed by atoms with van der Waals surface area (Å²) < 4.78 is 7.04. The number of imidazole rings is 1. The minimum atomic E-state index is -0.138. The van der Waals surface area contributed by atoms with Gasteiger partial charge in [-0.15, -0.1) is 11.3 Å². The average Bonchev–Trinajstić information content (AvgIpc) is 3.34. The second kappa shape index (κ2) is 6.64. The Morgan fingerprint density at radius 2 is 2.31 bits per heavy atom. The zero-order valence-electron chi connectivity index (χ0n) is 14.3. The number of carbonyl (C=O) groups excluding carboxylic acids is 1. The minimum absolute atomic E-state index is 0.138. The van der Waals surface area contributed by atoms with Gasteiger partial charge in [-0.25, -0.2) is 9.97 Å². The quantitative estimate of drug-likeness (QED) is 0.566. The van der Waals surface area contributed by atoms with Gasteiger partial charge in [0, 0.05) is 39.9 Å². The van der Waals surface area contributed by atoms with E-state index in [1.165, 1.54) is 11.3 Å². The van der Waals surface area contributed by atoms with E-state index in [1.54, 1.807) is 30.4 Å². The predicted octanol–water partition coefficient (Wildman–Crippen LogP) is 3.44. The van der Waals surface area contributed by atoms with Crippen molar-refractivity contribution in [2.75, 3.05) is 12.4 Å². The molecule has 3 heterocycles. The first-order valence-electron chi connectivity index (χ1n) is 8.02. The van der Waals surface area contributed by atoms with Crippen LogP contribution >= 0.6 is 11.3 Å². The highest BCUT2D eigenvalue weighted by Crippen LogP contribution is 2.35. The average molecular weight is 367 g/mol. The molecular weight excluding hydrogens is 350 g/mol. The molecule has 3 aromatic heterocycles. The lowest BCUT2D eigenvalue weighted by atomic mass is 10.1. The summed E-state index contributed by atoms with van der Waals surface area (Å²) >= 11 is 1.40. The van der Waals surface area contributed by atoms with Gasteiger partial charge < -0.3 is 19.6 Å². The van der Waals surface area contributed by atoms with E-state index in [-0.39, 0.29) is 12.5 Å². The number of hydrogen-bond acceptors (Lipinski definition) is 5. The van der Waals surface area contributed by atoms with Crippen LogP contribution in [-0.2, 0) is 11.3 Å². The van der Waals surface area contributed by atoms with E-state index < -0.39 is 0 Å².